The highest BCUT2D eigenvalue weighted by Gasteiger charge is 2.28. The van der Waals surface area contributed by atoms with Crippen molar-refractivity contribution in [2.75, 3.05) is 0 Å². The summed E-state index contributed by atoms with van der Waals surface area (Å²) in [7, 11) is 0. The van der Waals surface area contributed by atoms with Crippen molar-refractivity contribution in [2.45, 2.75) is 46.6 Å². The highest BCUT2D eigenvalue weighted by atomic mass is 16.1. The summed E-state index contributed by atoms with van der Waals surface area (Å²) in [4.78, 5) is 16.6. The topological polar surface area (TPSA) is 59.3 Å². The van der Waals surface area contributed by atoms with Crippen molar-refractivity contribution in [1.82, 2.24) is 19.9 Å². The second-order valence-electron chi connectivity index (χ2n) is 7.02. The first-order valence-electron chi connectivity index (χ1n) is 6.79. The van der Waals surface area contributed by atoms with E-state index in [0.717, 1.165) is 6.42 Å². The van der Waals surface area contributed by atoms with Gasteiger partial charge in [-0.25, -0.2) is 9.50 Å². The smallest absolute Gasteiger partial charge is 0.257 e. The van der Waals surface area contributed by atoms with E-state index >= 15 is 0 Å². The van der Waals surface area contributed by atoms with Gasteiger partial charge in [0.05, 0.1) is 6.20 Å². The van der Waals surface area contributed by atoms with E-state index in [1.807, 2.05) is 13.8 Å². The van der Waals surface area contributed by atoms with Crippen LogP contribution in [0.4, 0.5) is 0 Å². The molecule has 0 bridgehead atoms. The molecule has 2 aromatic heterocycles. The van der Waals surface area contributed by atoms with Crippen LogP contribution in [0.2, 0.25) is 0 Å². The first-order valence-corrected chi connectivity index (χ1v) is 6.79. The lowest BCUT2D eigenvalue weighted by molar-refractivity contribution is 0.0893. The third-order valence-corrected chi connectivity index (χ3v) is 2.95. The average molecular weight is 274 g/mol. The van der Waals surface area contributed by atoms with Crippen LogP contribution in [0.3, 0.4) is 0 Å². The average Bonchev–Trinajstić information content (AvgIpc) is 2.68. The number of rotatable bonds is 3. The van der Waals surface area contributed by atoms with E-state index < -0.39 is 0 Å². The van der Waals surface area contributed by atoms with Crippen molar-refractivity contribution in [1.29, 1.82) is 0 Å². The maximum Gasteiger partial charge on any atom is 0.257 e. The zero-order valence-electron chi connectivity index (χ0n) is 12.8. The number of aromatic nitrogens is 3. The lowest BCUT2D eigenvalue weighted by atomic mass is 9.81. The van der Waals surface area contributed by atoms with Crippen LogP contribution < -0.4 is 5.32 Å². The summed E-state index contributed by atoms with van der Waals surface area (Å²) in [6.07, 6.45) is 5.89. The number of carbonyl (C=O) groups is 1. The van der Waals surface area contributed by atoms with E-state index in [9.17, 15) is 4.79 Å². The molecule has 0 aromatic carbocycles. The molecule has 0 aliphatic rings. The molecule has 108 valence electrons. The Kier molecular flexibility index (Phi) is 3.54. The number of carbonyl (C=O) groups excluding carboxylic acids is 1. The summed E-state index contributed by atoms with van der Waals surface area (Å²) < 4.78 is 1.60. The molecule has 0 saturated carbocycles. The van der Waals surface area contributed by atoms with Crippen LogP contribution in [0.5, 0.6) is 0 Å². The highest BCUT2D eigenvalue weighted by Crippen LogP contribution is 2.27. The van der Waals surface area contributed by atoms with Crippen LogP contribution in [0.15, 0.2) is 24.7 Å². The third kappa shape index (κ3) is 3.35. The van der Waals surface area contributed by atoms with E-state index in [2.05, 4.69) is 36.2 Å². The lowest BCUT2D eigenvalue weighted by Crippen LogP contribution is -2.45. The fourth-order valence-corrected chi connectivity index (χ4v) is 2.73. The predicted molar refractivity (Wildman–Crippen MR) is 78.6 cm³/mol. The Bertz CT molecular complexity index is 622. The van der Waals surface area contributed by atoms with Crippen molar-refractivity contribution in [2.24, 2.45) is 5.41 Å². The minimum atomic E-state index is -0.279. The second kappa shape index (κ2) is 4.89. The maximum absolute atomic E-state index is 12.4. The van der Waals surface area contributed by atoms with Gasteiger partial charge in [0.25, 0.3) is 5.91 Å². The van der Waals surface area contributed by atoms with Crippen molar-refractivity contribution in [3.63, 3.8) is 0 Å². The van der Waals surface area contributed by atoms with E-state index in [4.69, 9.17) is 0 Å². The Morgan fingerprint density at radius 2 is 2.00 bits per heavy atom. The number of nitrogens with zero attached hydrogens (tertiary/aromatic N) is 3. The molecule has 0 spiro atoms. The molecule has 2 aromatic rings. The Labute approximate surface area is 119 Å². The largest absolute Gasteiger partial charge is 0.347 e. The fourth-order valence-electron chi connectivity index (χ4n) is 2.73. The van der Waals surface area contributed by atoms with Gasteiger partial charge >= 0.3 is 0 Å². The van der Waals surface area contributed by atoms with Crippen LogP contribution in [-0.2, 0) is 0 Å². The van der Waals surface area contributed by atoms with Gasteiger partial charge in [0.15, 0.2) is 5.65 Å². The van der Waals surface area contributed by atoms with Crippen LogP contribution in [0, 0.1) is 5.41 Å². The number of fused-ring (bicyclic) bond motifs is 1. The molecule has 2 heterocycles. The third-order valence-electron chi connectivity index (χ3n) is 2.95. The first-order chi connectivity index (χ1) is 9.18. The van der Waals surface area contributed by atoms with Gasteiger partial charge < -0.3 is 5.32 Å². The van der Waals surface area contributed by atoms with Crippen LogP contribution in [-0.4, -0.2) is 26.0 Å². The summed E-state index contributed by atoms with van der Waals surface area (Å²) in [6, 6.07) is 1.78. The minimum Gasteiger partial charge on any atom is -0.347 e. The monoisotopic (exact) mass is 274 g/mol. The summed E-state index contributed by atoms with van der Waals surface area (Å²) >= 11 is 0. The summed E-state index contributed by atoms with van der Waals surface area (Å²) in [6.45, 7) is 10.6. The van der Waals surface area contributed by atoms with Gasteiger partial charge in [0.1, 0.15) is 5.56 Å². The molecule has 0 saturated heterocycles. The fraction of sp³-hybridized carbons (Fsp3) is 0.533. The molecule has 0 unspecified atom stereocenters. The van der Waals surface area contributed by atoms with Gasteiger partial charge in [-0.15, -0.1) is 0 Å². The Hall–Kier alpha value is -1.91. The Morgan fingerprint density at radius 1 is 1.30 bits per heavy atom. The number of nitrogens with one attached hydrogen (secondary N) is 1. The highest BCUT2D eigenvalue weighted by molar-refractivity contribution is 5.99. The molecular formula is C15H22N4O. The number of hydrogen-bond acceptors (Lipinski definition) is 3. The first kappa shape index (κ1) is 14.5. The van der Waals surface area contributed by atoms with E-state index in [-0.39, 0.29) is 16.9 Å². The van der Waals surface area contributed by atoms with Gasteiger partial charge in [0, 0.05) is 17.9 Å². The van der Waals surface area contributed by atoms with Gasteiger partial charge in [-0.1, -0.05) is 20.8 Å². The maximum atomic E-state index is 12.4. The van der Waals surface area contributed by atoms with E-state index in [1.165, 1.54) is 0 Å². The van der Waals surface area contributed by atoms with Gasteiger partial charge in [-0.2, -0.15) is 5.10 Å². The normalized spacial score (nSPS) is 12.7. The molecule has 0 aliphatic heterocycles. The minimum absolute atomic E-state index is 0.132. The van der Waals surface area contributed by atoms with E-state index in [1.54, 1.807) is 29.2 Å². The van der Waals surface area contributed by atoms with Gasteiger partial charge in [0.2, 0.25) is 0 Å². The molecule has 20 heavy (non-hydrogen) atoms. The summed E-state index contributed by atoms with van der Waals surface area (Å²) in [5.41, 5.74) is 0.957. The lowest BCUT2D eigenvalue weighted by Gasteiger charge is -2.33. The van der Waals surface area contributed by atoms with E-state index in [0.29, 0.717) is 11.2 Å². The molecule has 0 radical (unpaired) electrons. The summed E-state index contributed by atoms with van der Waals surface area (Å²) in [5, 5.41) is 7.21. The molecule has 5 heteroatoms. The Balaban J connectivity index is 2.20. The molecule has 1 N–H and O–H groups in total. The zero-order chi connectivity index (χ0) is 15.0. The van der Waals surface area contributed by atoms with Gasteiger partial charge in [-0.3, -0.25) is 4.79 Å². The van der Waals surface area contributed by atoms with Crippen molar-refractivity contribution in [3.8, 4) is 0 Å². The molecule has 0 atom stereocenters. The predicted octanol–water partition coefficient (Wildman–Crippen LogP) is 2.67. The zero-order valence-corrected chi connectivity index (χ0v) is 12.8. The summed E-state index contributed by atoms with van der Waals surface area (Å²) in [5.74, 6) is -0.132. The Morgan fingerprint density at radius 3 is 2.65 bits per heavy atom. The molecule has 2 rings (SSSR count). The van der Waals surface area contributed by atoms with Crippen molar-refractivity contribution < 1.29 is 4.79 Å². The SMILES string of the molecule is CC(C)(C)CC(C)(C)NC(=O)c1cnn2cccnc12. The number of hydrogen-bond donors (Lipinski definition) is 1. The van der Waals surface area contributed by atoms with Crippen LogP contribution in [0.1, 0.15) is 51.4 Å². The molecule has 0 fully saturated rings. The molecule has 1 amide bonds. The molecule has 0 aliphatic carbocycles. The molecular weight excluding hydrogens is 252 g/mol. The van der Waals surface area contributed by atoms with Crippen LogP contribution in [0.25, 0.3) is 5.65 Å². The quantitative estimate of drug-likeness (QED) is 0.936. The molecule has 5 nitrogen and oxygen atoms in total. The standard InChI is InChI=1S/C15H22N4O/c1-14(2,3)10-15(4,5)18-13(20)11-9-17-19-8-6-7-16-12(11)19/h6-9H,10H2,1-5H3,(H,18,20). The van der Waals surface area contributed by atoms with Gasteiger partial charge in [-0.05, 0) is 31.7 Å². The second-order valence-corrected chi connectivity index (χ2v) is 7.02. The van der Waals surface area contributed by atoms with Crippen molar-refractivity contribution in [3.05, 3.63) is 30.2 Å². The van der Waals surface area contributed by atoms with Crippen LogP contribution >= 0.6 is 0 Å². The van der Waals surface area contributed by atoms with Crippen molar-refractivity contribution >= 4 is 11.6 Å². The number of amides is 1.